The van der Waals surface area contributed by atoms with E-state index in [4.69, 9.17) is 4.98 Å². The summed E-state index contributed by atoms with van der Waals surface area (Å²) in [5, 5.41) is 12.3. The van der Waals surface area contributed by atoms with Crippen molar-refractivity contribution in [2.75, 3.05) is 11.4 Å². The standard InChI is InChI=1S/C28H25N5O2/c1-2-30-27(34)23(18-29)17-24-26(31-25-15-9-10-16-33(25)28(24)35)32(19-21-11-5-3-6-12-21)20-22-13-7-4-8-14-22/h3-17H,2,19-20H2,1H3,(H,30,34)/b23-17+. The number of nitriles is 1. The lowest BCUT2D eigenvalue weighted by molar-refractivity contribution is -0.116. The fourth-order valence-electron chi connectivity index (χ4n) is 3.82. The van der Waals surface area contributed by atoms with Crippen molar-refractivity contribution in [3.05, 3.63) is 118 Å². The Morgan fingerprint density at radius 2 is 1.60 bits per heavy atom. The van der Waals surface area contributed by atoms with E-state index in [9.17, 15) is 14.9 Å². The second kappa shape index (κ2) is 10.9. The molecule has 0 radical (unpaired) electrons. The fraction of sp³-hybridized carbons (Fsp3) is 0.143. The van der Waals surface area contributed by atoms with Gasteiger partial charge in [0.05, 0.1) is 5.56 Å². The summed E-state index contributed by atoms with van der Waals surface area (Å²) in [5.74, 6) is -0.123. The highest BCUT2D eigenvalue weighted by atomic mass is 16.1. The summed E-state index contributed by atoms with van der Waals surface area (Å²) in [6.45, 7) is 3.10. The van der Waals surface area contributed by atoms with Gasteiger partial charge in [-0.15, -0.1) is 0 Å². The maximum atomic E-state index is 13.6. The Morgan fingerprint density at radius 3 is 2.17 bits per heavy atom. The number of fused-ring (bicyclic) bond motifs is 1. The van der Waals surface area contributed by atoms with E-state index in [0.29, 0.717) is 31.1 Å². The normalized spacial score (nSPS) is 11.1. The smallest absolute Gasteiger partial charge is 0.267 e. The van der Waals surface area contributed by atoms with Gasteiger partial charge >= 0.3 is 0 Å². The molecular formula is C28H25N5O2. The lowest BCUT2D eigenvalue weighted by atomic mass is 10.1. The van der Waals surface area contributed by atoms with Gasteiger partial charge in [-0.25, -0.2) is 4.98 Å². The molecule has 0 unspecified atom stereocenters. The topological polar surface area (TPSA) is 90.5 Å². The highest BCUT2D eigenvalue weighted by Crippen LogP contribution is 2.23. The Morgan fingerprint density at radius 1 is 1.00 bits per heavy atom. The van der Waals surface area contributed by atoms with Crippen LogP contribution in [0.3, 0.4) is 0 Å². The molecule has 0 aliphatic carbocycles. The summed E-state index contributed by atoms with van der Waals surface area (Å²) >= 11 is 0. The Kier molecular flexibility index (Phi) is 7.34. The minimum atomic E-state index is -0.531. The third-order valence-corrected chi connectivity index (χ3v) is 5.47. The number of nitrogens with zero attached hydrogens (tertiary/aromatic N) is 4. The lowest BCUT2D eigenvalue weighted by Gasteiger charge is -2.26. The first-order chi connectivity index (χ1) is 17.1. The van der Waals surface area contributed by atoms with Crippen molar-refractivity contribution in [3.63, 3.8) is 0 Å². The molecule has 0 aliphatic heterocycles. The number of rotatable bonds is 8. The van der Waals surface area contributed by atoms with Crippen LogP contribution in [0, 0.1) is 11.3 Å². The van der Waals surface area contributed by atoms with Gasteiger partial charge in [0, 0.05) is 25.8 Å². The average molecular weight is 464 g/mol. The van der Waals surface area contributed by atoms with Gasteiger partial charge in [0.25, 0.3) is 11.5 Å². The van der Waals surface area contributed by atoms with E-state index in [-0.39, 0.29) is 16.7 Å². The number of carbonyl (C=O) groups excluding carboxylic acids is 1. The van der Waals surface area contributed by atoms with E-state index in [1.807, 2.05) is 77.7 Å². The lowest BCUT2D eigenvalue weighted by Crippen LogP contribution is -2.29. The van der Waals surface area contributed by atoms with Crippen molar-refractivity contribution in [2.45, 2.75) is 20.0 Å². The van der Waals surface area contributed by atoms with E-state index in [1.165, 1.54) is 10.5 Å². The zero-order valence-corrected chi connectivity index (χ0v) is 19.4. The maximum Gasteiger partial charge on any atom is 0.267 e. The SMILES string of the molecule is CCNC(=O)/C(C#N)=C/c1c(N(Cc2ccccc2)Cc2ccccc2)nc2ccccn2c1=O. The van der Waals surface area contributed by atoms with E-state index >= 15 is 0 Å². The molecule has 174 valence electrons. The number of pyridine rings is 1. The van der Waals surface area contributed by atoms with E-state index in [1.54, 1.807) is 25.3 Å². The highest BCUT2D eigenvalue weighted by molar-refractivity contribution is 6.02. The van der Waals surface area contributed by atoms with E-state index in [0.717, 1.165) is 11.1 Å². The zero-order chi connectivity index (χ0) is 24.6. The summed E-state index contributed by atoms with van der Waals surface area (Å²) < 4.78 is 1.42. The van der Waals surface area contributed by atoms with Crippen molar-refractivity contribution >= 4 is 23.4 Å². The second-order valence-corrected chi connectivity index (χ2v) is 7.94. The van der Waals surface area contributed by atoms with E-state index in [2.05, 4.69) is 5.32 Å². The zero-order valence-electron chi connectivity index (χ0n) is 19.4. The summed E-state index contributed by atoms with van der Waals surface area (Å²) in [7, 11) is 0. The van der Waals surface area contributed by atoms with Crippen LogP contribution in [0.2, 0.25) is 0 Å². The molecule has 0 bridgehead atoms. The van der Waals surface area contributed by atoms with Gasteiger partial charge in [0.2, 0.25) is 0 Å². The summed E-state index contributed by atoms with van der Waals surface area (Å²) in [6, 6.07) is 27.0. The molecule has 7 heteroatoms. The van der Waals surface area contributed by atoms with Crippen LogP contribution in [0.4, 0.5) is 5.82 Å². The van der Waals surface area contributed by atoms with Crippen molar-refractivity contribution in [2.24, 2.45) is 0 Å². The van der Waals surface area contributed by atoms with Crippen LogP contribution in [-0.4, -0.2) is 21.8 Å². The molecule has 1 amide bonds. The van der Waals surface area contributed by atoms with Crippen molar-refractivity contribution in [1.82, 2.24) is 14.7 Å². The Balaban J connectivity index is 1.93. The van der Waals surface area contributed by atoms with Crippen LogP contribution in [0.1, 0.15) is 23.6 Å². The Hall–Kier alpha value is -4.70. The molecule has 2 aromatic carbocycles. The Bertz CT molecular complexity index is 1410. The van der Waals surface area contributed by atoms with Gasteiger partial charge in [0.1, 0.15) is 23.1 Å². The van der Waals surface area contributed by atoms with Crippen LogP contribution >= 0.6 is 0 Å². The summed E-state index contributed by atoms with van der Waals surface area (Å²) in [5.41, 5.74) is 2.24. The highest BCUT2D eigenvalue weighted by Gasteiger charge is 2.20. The molecule has 0 saturated heterocycles. The van der Waals surface area contributed by atoms with Crippen molar-refractivity contribution < 1.29 is 4.79 Å². The number of amides is 1. The molecule has 1 N–H and O–H groups in total. The first kappa shape index (κ1) is 23.5. The third kappa shape index (κ3) is 5.45. The average Bonchev–Trinajstić information content (AvgIpc) is 2.89. The number of hydrogen-bond donors (Lipinski definition) is 1. The fourth-order valence-corrected chi connectivity index (χ4v) is 3.82. The molecule has 2 aromatic heterocycles. The molecule has 0 atom stereocenters. The van der Waals surface area contributed by atoms with Gasteiger partial charge in [-0.2, -0.15) is 5.26 Å². The third-order valence-electron chi connectivity index (χ3n) is 5.47. The molecule has 4 rings (SSSR count). The van der Waals surface area contributed by atoms with Crippen LogP contribution in [-0.2, 0) is 17.9 Å². The first-order valence-corrected chi connectivity index (χ1v) is 11.3. The van der Waals surface area contributed by atoms with Crippen LogP contribution in [0.5, 0.6) is 0 Å². The number of anilines is 1. The molecule has 0 spiro atoms. The van der Waals surface area contributed by atoms with Gasteiger partial charge in [0.15, 0.2) is 0 Å². The molecule has 2 heterocycles. The minimum absolute atomic E-state index is 0.151. The number of carbonyl (C=O) groups is 1. The molecule has 7 nitrogen and oxygen atoms in total. The minimum Gasteiger partial charge on any atom is -0.352 e. The first-order valence-electron chi connectivity index (χ1n) is 11.3. The molecule has 4 aromatic rings. The van der Waals surface area contributed by atoms with Crippen molar-refractivity contribution in [3.8, 4) is 6.07 Å². The van der Waals surface area contributed by atoms with Crippen molar-refractivity contribution in [1.29, 1.82) is 5.26 Å². The van der Waals surface area contributed by atoms with Gasteiger partial charge < -0.3 is 10.2 Å². The predicted octanol–water partition coefficient (Wildman–Crippen LogP) is 3.94. The molecule has 35 heavy (non-hydrogen) atoms. The van der Waals surface area contributed by atoms with Crippen LogP contribution in [0.15, 0.2) is 95.4 Å². The summed E-state index contributed by atoms with van der Waals surface area (Å²) in [4.78, 5) is 32.9. The monoisotopic (exact) mass is 463 g/mol. The van der Waals surface area contributed by atoms with E-state index < -0.39 is 5.91 Å². The van der Waals surface area contributed by atoms with Crippen LogP contribution < -0.4 is 15.8 Å². The Labute approximate surface area is 203 Å². The number of aromatic nitrogens is 2. The number of likely N-dealkylation sites (N-methyl/N-ethyl adjacent to an activating group) is 1. The molecule has 0 aliphatic rings. The van der Waals surface area contributed by atoms with Gasteiger partial charge in [-0.3, -0.25) is 14.0 Å². The predicted molar refractivity (Wildman–Crippen MR) is 137 cm³/mol. The number of nitrogens with one attached hydrogen (secondary N) is 1. The number of hydrogen-bond acceptors (Lipinski definition) is 5. The summed E-state index contributed by atoms with van der Waals surface area (Å²) in [6.07, 6.45) is 2.97. The molecular weight excluding hydrogens is 438 g/mol. The largest absolute Gasteiger partial charge is 0.352 e. The maximum absolute atomic E-state index is 13.6. The second-order valence-electron chi connectivity index (χ2n) is 7.94. The molecule has 0 saturated carbocycles. The quantitative estimate of drug-likeness (QED) is 0.316. The van der Waals surface area contributed by atoms with Gasteiger partial charge in [-0.05, 0) is 36.3 Å². The number of benzene rings is 2. The molecule has 0 fully saturated rings. The van der Waals surface area contributed by atoms with Gasteiger partial charge in [-0.1, -0.05) is 66.7 Å². The van der Waals surface area contributed by atoms with Crippen LogP contribution in [0.25, 0.3) is 11.7 Å².